The van der Waals surface area contributed by atoms with Crippen LogP contribution in [0.15, 0.2) is 28.3 Å². The third kappa shape index (κ3) is 2.75. The molecule has 0 radical (unpaired) electrons. The summed E-state index contributed by atoms with van der Waals surface area (Å²) < 4.78 is 1.56. The molecule has 0 aliphatic rings. The molecule has 9 heteroatoms. The van der Waals surface area contributed by atoms with Gasteiger partial charge in [-0.3, -0.25) is 10.1 Å². The van der Waals surface area contributed by atoms with E-state index in [4.69, 9.17) is 5.26 Å². The van der Waals surface area contributed by atoms with Crippen LogP contribution in [0.2, 0.25) is 0 Å². The number of nitriles is 1. The smallest absolute Gasteiger partial charge is 0.258 e. The van der Waals surface area contributed by atoms with Gasteiger partial charge in [-0.05, 0) is 48.2 Å². The summed E-state index contributed by atoms with van der Waals surface area (Å²) in [6.07, 6.45) is 0. The lowest BCUT2D eigenvalue weighted by molar-refractivity contribution is -0.387. The maximum Gasteiger partial charge on any atom is 0.283 e. The number of tetrazole rings is 1. The van der Waals surface area contributed by atoms with E-state index in [0.717, 1.165) is 11.8 Å². The van der Waals surface area contributed by atoms with Crippen molar-refractivity contribution in [1.82, 2.24) is 20.2 Å². The number of nitrogens with zero attached hydrogens (tertiary/aromatic N) is 6. The Kier molecular flexibility index (Phi) is 3.95. The Morgan fingerprint density at radius 1 is 1.50 bits per heavy atom. The van der Waals surface area contributed by atoms with Crippen molar-refractivity contribution in [2.75, 3.05) is 0 Å². The lowest BCUT2D eigenvalue weighted by Gasteiger charge is -2.07. The number of benzene rings is 1. The molecule has 20 heavy (non-hydrogen) atoms. The molecule has 2 rings (SSSR count). The summed E-state index contributed by atoms with van der Waals surface area (Å²) in [5, 5.41) is 31.6. The summed E-state index contributed by atoms with van der Waals surface area (Å²) in [6.45, 7) is 3.81. The van der Waals surface area contributed by atoms with E-state index < -0.39 is 4.92 Å². The lowest BCUT2D eigenvalue weighted by atomic mass is 10.2. The van der Waals surface area contributed by atoms with Crippen molar-refractivity contribution in [3.63, 3.8) is 0 Å². The predicted octanol–water partition coefficient (Wildman–Crippen LogP) is 2.19. The van der Waals surface area contributed by atoms with Crippen molar-refractivity contribution in [2.45, 2.75) is 29.9 Å². The standard InChI is InChI=1S/C11H10N6O2S/c1-7(2)16-11(13-14-15-16)20-10-5-8(6-12)3-4-9(10)17(18)19/h3-5,7H,1-2H3. The minimum Gasteiger partial charge on any atom is -0.258 e. The van der Waals surface area contributed by atoms with Gasteiger partial charge in [-0.15, -0.1) is 5.10 Å². The number of hydrogen-bond donors (Lipinski definition) is 0. The first-order valence-corrected chi connectivity index (χ1v) is 6.49. The zero-order valence-corrected chi connectivity index (χ0v) is 11.5. The van der Waals surface area contributed by atoms with Crippen molar-refractivity contribution in [1.29, 1.82) is 5.26 Å². The largest absolute Gasteiger partial charge is 0.283 e. The van der Waals surface area contributed by atoms with Crippen LogP contribution in [0.4, 0.5) is 5.69 Å². The predicted molar refractivity (Wildman–Crippen MR) is 70.1 cm³/mol. The summed E-state index contributed by atoms with van der Waals surface area (Å²) in [7, 11) is 0. The van der Waals surface area contributed by atoms with Crippen molar-refractivity contribution in [3.8, 4) is 6.07 Å². The van der Waals surface area contributed by atoms with Crippen LogP contribution in [0, 0.1) is 21.4 Å². The molecule has 0 N–H and O–H groups in total. The normalized spacial score (nSPS) is 10.5. The highest BCUT2D eigenvalue weighted by Crippen LogP contribution is 2.34. The van der Waals surface area contributed by atoms with Gasteiger partial charge in [-0.1, -0.05) is 0 Å². The molecule has 1 heterocycles. The molecule has 0 fully saturated rings. The zero-order valence-electron chi connectivity index (χ0n) is 10.7. The molecule has 0 bridgehead atoms. The minimum absolute atomic E-state index is 0.0331. The summed E-state index contributed by atoms with van der Waals surface area (Å²) in [4.78, 5) is 10.9. The lowest BCUT2D eigenvalue weighted by Crippen LogP contribution is -2.04. The molecule has 2 aromatic rings. The van der Waals surface area contributed by atoms with Crippen LogP contribution in [0.25, 0.3) is 0 Å². The number of aromatic nitrogens is 4. The fraction of sp³-hybridized carbons (Fsp3) is 0.273. The number of nitro groups is 1. The monoisotopic (exact) mass is 290 g/mol. The molecule has 8 nitrogen and oxygen atoms in total. The van der Waals surface area contributed by atoms with E-state index in [0.29, 0.717) is 15.6 Å². The first-order chi connectivity index (χ1) is 9.52. The first-order valence-electron chi connectivity index (χ1n) is 5.67. The second-order valence-electron chi connectivity index (χ2n) is 4.15. The van der Waals surface area contributed by atoms with E-state index in [1.165, 1.54) is 18.2 Å². The van der Waals surface area contributed by atoms with Crippen molar-refractivity contribution < 1.29 is 4.92 Å². The number of nitro benzene ring substituents is 1. The van der Waals surface area contributed by atoms with Gasteiger partial charge in [0.15, 0.2) is 0 Å². The highest BCUT2D eigenvalue weighted by molar-refractivity contribution is 7.99. The van der Waals surface area contributed by atoms with Gasteiger partial charge in [0.1, 0.15) is 0 Å². The fourth-order valence-electron chi connectivity index (χ4n) is 1.49. The van der Waals surface area contributed by atoms with Crippen LogP contribution in [0.1, 0.15) is 25.5 Å². The molecule has 0 atom stereocenters. The van der Waals surface area contributed by atoms with Gasteiger partial charge in [-0.2, -0.15) is 5.26 Å². The Hall–Kier alpha value is -2.47. The van der Waals surface area contributed by atoms with Gasteiger partial charge in [0.2, 0.25) is 5.16 Å². The Balaban J connectivity index is 2.44. The molecular weight excluding hydrogens is 280 g/mol. The maximum absolute atomic E-state index is 11.0. The molecule has 0 saturated heterocycles. The van der Waals surface area contributed by atoms with Crippen molar-refractivity contribution in [2.24, 2.45) is 0 Å². The van der Waals surface area contributed by atoms with Crippen molar-refractivity contribution >= 4 is 17.4 Å². The molecular formula is C11H10N6O2S. The first kappa shape index (κ1) is 14.0. The third-order valence-corrected chi connectivity index (χ3v) is 3.44. The van der Waals surface area contributed by atoms with Gasteiger partial charge in [0.05, 0.1) is 27.5 Å². The van der Waals surface area contributed by atoms with Gasteiger partial charge < -0.3 is 0 Å². The summed E-state index contributed by atoms with van der Waals surface area (Å²) in [6, 6.07) is 6.17. The molecule has 1 aromatic heterocycles. The quantitative estimate of drug-likeness (QED) is 0.626. The molecule has 0 unspecified atom stereocenters. The van der Waals surface area contributed by atoms with Crippen LogP contribution in [-0.2, 0) is 0 Å². The van der Waals surface area contributed by atoms with Gasteiger partial charge in [0, 0.05) is 6.07 Å². The Morgan fingerprint density at radius 3 is 2.85 bits per heavy atom. The molecule has 0 amide bonds. The molecule has 1 aromatic carbocycles. The Bertz CT molecular complexity index is 690. The average Bonchev–Trinajstić information content (AvgIpc) is 2.86. The zero-order chi connectivity index (χ0) is 14.7. The third-order valence-electron chi connectivity index (χ3n) is 2.44. The summed E-state index contributed by atoms with van der Waals surface area (Å²) in [5.74, 6) is 0. The van der Waals surface area contributed by atoms with Crippen LogP contribution < -0.4 is 0 Å². The molecule has 0 spiro atoms. The Morgan fingerprint density at radius 2 is 2.25 bits per heavy atom. The van der Waals surface area contributed by atoms with Crippen LogP contribution in [-0.4, -0.2) is 25.1 Å². The van der Waals surface area contributed by atoms with Crippen LogP contribution in [0.5, 0.6) is 0 Å². The van der Waals surface area contributed by atoms with Gasteiger partial charge in [-0.25, -0.2) is 4.68 Å². The summed E-state index contributed by atoms with van der Waals surface area (Å²) >= 11 is 1.07. The maximum atomic E-state index is 11.0. The van der Waals surface area contributed by atoms with E-state index in [2.05, 4.69) is 15.5 Å². The highest BCUT2D eigenvalue weighted by Gasteiger charge is 2.19. The molecule has 0 aliphatic carbocycles. The SMILES string of the molecule is CC(C)n1nnnc1Sc1cc(C#N)ccc1[N+](=O)[O-]. The average molecular weight is 290 g/mol. The second-order valence-corrected chi connectivity index (χ2v) is 5.16. The molecule has 0 saturated carbocycles. The van der Waals surface area contributed by atoms with E-state index in [9.17, 15) is 10.1 Å². The van der Waals surface area contributed by atoms with E-state index >= 15 is 0 Å². The Labute approximate surface area is 118 Å². The van der Waals surface area contributed by atoms with Crippen LogP contribution in [0.3, 0.4) is 0 Å². The van der Waals surface area contributed by atoms with E-state index in [1.807, 2.05) is 19.9 Å². The molecule has 0 aliphatic heterocycles. The van der Waals surface area contributed by atoms with E-state index in [1.54, 1.807) is 4.68 Å². The minimum atomic E-state index is -0.493. The summed E-state index contributed by atoms with van der Waals surface area (Å²) in [5.41, 5.74) is 0.272. The van der Waals surface area contributed by atoms with Crippen LogP contribution >= 0.6 is 11.8 Å². The molecule has 102 valence electrons. The van der Waals surface area contributed by atoms with Crippen molar-refractivity contribution in [3.05, 3.63) is 33.9 Å². The highest BCUT2D eigenvalue weighted by atomic mass is 32.2. The second kappa shape index (κ2) is 5.66. The number of rotatable bonds is 4. The number of hydrogen-bond acceptors (Lipinski definition) is 7. The topological polar surface area (TPSA) is 111 Å². The van der Waals surface area contributed by atoms with E-state index in [-0.39, 0.29) is 11.7 Å². The van der Waals surface area contributed by atoms with Gasteiger partial charge in [0.25, 0.3) is 5.69 Å². The fourth-order valence-corrected chi connectivity index (χ4v) is 2.54. The van der Waals surface area contributed by atoms with Gasteiger partial charge >= 0.3 is 0 Å².